The lowest BCUT2D eigenvalue weighted by Gasteiger charge is -2.48. The molecule has 0 radical (unpaired) electrons. The van der Waals surface area contributed by atoms with E-state index < -0.39 is 88.7 Å². The number of carbonyl (C=O) groups excluding carboxylic acids is 8. The molecule has 0 aromatic heterocycles. The molecule has 51 heavy (non-hydrogen) atoms. The van der Waals surface area contributed by atoms with Crippen molar-refractivity contribution in [2.75, 3.05) is 0 Å². The molecule has 0 bridgehead atoms. The smallest absolute Gasteiger partial charge is 0.321 e. The van der Waals surface area contributed by atoms with Gasteiger partial charge in [0.1, 0.15) is 0 Å². The van der Waals surface area contributed by atoms with Crippen LogP contribution >= 0.6 is 0 Å². The van der Waals surface area contributed by atoms with Gasteiger partial charge in [0, 0.05) is 5.41 Å². The average molecular weight is 691 g/mol. The van der Waals surface area contributed by atoms with Crippen LogP contribution in [-0.4, -0.2) is 47.8 Å². The Bertz CT molecular complexity index is 2170. The molecule has 0 saturated carbocycles. The summed E-state index contributed by atoms with van der Waals surface area (Å²) in [5.41, 5.74) is 3.78. The molecule has 3 aromatic rings. The molecule has 12 heteroatoms. The highest BCUT2D eigenvalue weighted by molar-refractivity contribution is 6.03. The zero-order valence-electron chi connectivity index (χ0n) is 27.1. The molecule has 8 unspecified atom stereocenters. The molecule has 0 amide bonds. The van der Waals surface area contributed by atoms with Crippen LogP contribution < -0.4 is 0 Å². The molecule has 8 atom stereocenters. The van der Waals surface area contributed by atoms with Crippen molar-refractivity contribution >= 4 is 58.5 Å². The monoisotopic (exact) mass is 690 g/mol. The lowest BCUT2D eigenvalue weighted by atomic mass is 9.53. The summed E-state index contributed by atoms with van der Waals surface area (Å²) < 4.78 is 19.3. The van der Waals surface area contributed by atoms with Gasteiger partial charge in [-0.1, -0.05) is 48.5 Å². The molecule has 3 aromatic carbocycles. The van der Waals surface area contributed by atoms with Gasteiger partial charge in [-0.25, -0.2) is 0 Å². The number of rotatable bonds is 2. The summed E-state index contributed by atoms with van der Waals surface area (Å²) in [6.07, 6.45) is 3.13. The van der Waals surface area contributed by atoms with Crippen molar-refractivity contribution < 1.29 is 57.3 Å². The van der Waals surface area contributed by atoms with Crippen molar-refractivity contribution in [2.45, 2.75) is 68.1 Å². The first-order chi connectivity index (χ1) is 24.5. The maximum Gasteiger partial charge on any atom is 0.321 e. The van der Waals surface area contributed by atoms with Gasteiger partial charge in [0.25, 0.3) is 0 Å². The highest BCUT2D eigenvalue weighted by Gasteiger charge is 2.61. The van der Waals surface area contributed by atoms with E-state index in [-0.39, 0.29) is 18.8 Å². The summed E-state index contributed by atoms with van der Waals surface area (Å²) in [6.45, 7) is 0. The second kappa shape index (κ2) is 11.2. The first-order valence-electron chi connectivity index (χ1n) is 17.2. The van der Waals surface area contributed by atoms with Gasteiger partial charge in [-0.3, -0.25) is 38.4 Å². The van der Waals surface area contributed by atoms with Crippen LogP contribution in [0.25, 0.3) is 10.8 Å². The standard InChI is InChI=1S/C20H14O6.C19H16O6/c21-16-8-14(18(22)25-16)12-7-15-17(20(24)26-19(15)23)13-6-10-4-2-1-3-9(10)5-11(12)13;20-13-7-12(17(22)24-13)19-6-2-4-9-3-1-5-10(15(9)19)14-11(8-19)16(21)25-18(14)23/h1-6,12,14-15,17H,7-8H2;1,3,5,11-12,14H,2,4,6-8H2. The van der Waals surface area contributed by atoms with Crippen molar-refractivity contribution in [1.82, 2.24) is 0 Å². The average Bonchev–Trinajstić information content (AvgIpc) is 3.81. The maximum atomic E-state index is 12.4. The topological polar surface area (TPSA) is 173 Å². The molecule has 3 aliphatic carbocycles. The SMILES string of the molecule is O=C1CC(C23CCCc4cccc(c42)C2C(=O)OC(=O)C2C3)C(=O)O1.O=C1CC(C2CC3C(=O)OC(=O)C3c3cc4ccccc4cc32)C(=O)O1. The van der Waals surface area contributed by atoms with Crippen LogP contribution in [0.3, 0.4) is 0 Å². The second-order valence-electron chi connectivity index (χ2n) is 14.6. The Balaban J connectivity index is 0.000000137. The predicted molar refractivity (Wildman–Crippen MR) is 170 cm³/mol. The number of hydrogen-bond acceptors (Lipinski definition) is 12. The highest BCUT2D eigenvalue weighted by Crippen LogP contribution is 2.59. The van der Waals surface area contributed by atoms with E-state index in [2.05, 4.69) is 0 Å². The van der Waals surface area contributed by atoms with Crippen molar-refractivity contribution in [2.24, 2.45) is 23.7 Å². The van der Waals surface area contributed by atoms with Crippen LogP contribution in [0.15, 0.2) is 54.6 Å². The largest absolute Gasteiger partial charge is 0.393 e. The number of cyclic esters (lactones) is 8. The number of esters is 8. The van der Waals surface area contributed by atoms with Gasteiger partial charge in [-0.2, -0.15) is 0 Å². The zero-order valence-corrected chi connectivity index (χ0v) is 27.1. The maximum absolute atomic E-state index is 12.4. The Labute approximate surface area is 289 Å². The molecule has 7 aliphatic rings. The molecule has 4 fully saturated rings. The summed E-state index contributed by atoms with van der Waals surface area (Å²) in [4.78, 5) is 96.9. The Morgan fingerprint density at radius 2 is 1.18 bits per heavy atom. The lowest BCUT2D eigenvalue weighted by molar-refractivity contribution is -0.156. The van der Waals surface area contributed by atoms with Gasteiger partial charge in [0.15, 0.2) is 0 Å². The minimum absolute atomic E-state index is 0.00382. The molecular weight excluding hydrogens is 660 g/mol. The zero-order chi connectivity index (χ0) is 35.3. The molecule has 258 valence electrons. The fourth-order valence-electron chi connectivity index (χ4n) is 10.0. The molecule has 4 aliphatic heterocycles. The van der Waals surface area contributed by atoms with Crippen molar-refractivity contribution in [3.63, 3.8) is 0 Å². The predicted octanol–water partition coefficient (Wildman–Crippen LogP) is 3.74. The van der Waals surface area contributed by atoms with E-state index in [9.17, 15) is 38.4 Å². The van der Waals surface area contributed by atoms with Gasteiger partial charge < -0.3 is 18.9 Å². The molecule has 10 rings (SSSR count). The minimum atomic E-state index is -0.647. The molecule has 0 N–H and O–H groups in total. The second-order valence-corrected chi connectivity index (χ2v) is 14.6. The van der Waals surface area contributed by atoms with Crippen molar-refractivity contribution in [1.29, 1.82) is 0 Å². The summed E-state index contributed by atoms with van der Waals surface area (Å²) in [5.74, 6) is -8.28. The number of benzene rings is 3. The summed E-state index contributed by atoms with van der Waals surface area (Å²) in [5, 5.41) is 1.92. The van der Waals surface area contributed by atoms with E-state index >= 15 is 0 Å². The first kappa shape index (κ1) is 31.5. The fraction of sp³-hybridized carbons (Fsp3) is 0.385. The van der Waals surface area contributed by atoms with Gasteiger partial charge in [-0.15, -0.1) is 0 Å². The van der Waals surface area contributed by atoms with Gasteiger partial charge in [0.2, 0.25) is 0 Å². The normalized spacial score (nSPS) is 33.0. The van der Waals surface area contributed by atoms with Gasteiger partial charge in [-0.05, 0) is 82.7 Å². The quantitative estimate of drug-likeness (QED) is 0.217. The van der Waals surface area contributed by atoms with Crippen LogP contribution in [0.4, 0.5) is 0 Å². The number of fused-ring (bicyclic) bond motifs is 6. The lowest BCUT2D eigenvalue weighted by Crippen LogP contribution is -2.47. The Morgan fingerprint density at radius 3 is 1.84 bits per heavy atom. The van der Waals surface area contributed by atoms with Crippen LogP contribution in [0.2, 0.25) is 0 Å². The van der Waals surface area contributed by atoms with E-state index in [0.29, 0.717) is 24.8 Å². The Hall–Kier alpha value is -5.52. The van der Waals surface area contributed by atoms with E-state index in [4.69, 9.17) is 18.9 Å². The Kier molecular flexibility index (Phi) is 6.94. The van der Waals surface area contributed by atoms with Crippen LogP contribution in [-0.2, 0) is 69.1 Å². The minimum Gasteiger partial charge on any atom is -0.393 e. The third-order valence-electron chi connectivity index (χ3n) is 12.1. The molecule has 0 spiro atoms. The number of ether oxygens (including phenoxy) is 4. The Morgan fingerprint density at radius 1 is 0.549 bits per heavy atom. The van der Waals surface area contributed by atoms with E-state index in [1.54, 1.807) is 0 Å². The molecular formula is C39H30O12. The fourth-order valence-corrected chi connectivity index (χ4v) is 10.0. The van der Waals surface area contributed by atoms with Gasteiger partial charge >= 0.3 is 47.8 Å². The number of hydrogen-bond donors (Lipinski definition) is 0. The highest BCUT2D eigenvalue weighted by atomic mass is 16.6. The van der Waals surface area contributed by atoms with E-state index in [1.807, 2.05) is 54.6 Å². The third-order valence-corrected chi connectivity index (χ3v) is 12.1. The van der Waals surface area contributed by atoms with Crippen LogP contribution in [0.1, 0.15) is 84.1 Å². The van der Waals surface area contributed by atoms with Gasteiger partial charge in [0.05, 0.1) is 48.3 Å². The molecule has 4 saturated heterocycles. The number of carbonyl (C=O) groups is 8. The van der Waals surface area contributed by atoms with E-state index in [0.717, 1.165) is 45.9 Å². The summed E-state index contributed by atoms with van der Waals surface area (Å²) in [6, 6.07) is 17.3. The number of aryl methyl sites for hydroxylation is 1. The van der Waals surface area contributed by atoms with Crippen molar-refractivity contribution in [3.05, 3.63) is 82.4 Å². The van der Waals surface area contributed by atoms with Crippen molar-refractivity contribution in [3.8, 4) is 0 Å². The molecule has 4 heterocycles. The third kappa shape index (κ3) is 4.64. The summed E-state index contributed by atoms with van der Waals surface area (Å²) in [7, 11) is 0. The molecule has 12 nitrogen and oxygen atoms in total. The summed E-state index contributed by atoms with van der Waals surface area (Å²) >= 11 is 0. The first-order valence-corrected chi connectivity index (χ1v) is 17.2. The van der Waals surface area contributed by atoms with E-state index in [1.165, 1.54) is 0 Å². The van der Waals surface area contributed by atoms with Crippen LogP contribution in [0, 0.1) is 23.7 Å². The van der Waals surface area contributed by atoms with Crippen LogP contribution in [0.5, 0.6) is 0 Å².